The summed E-state index contributed by atoms with van der Waals surface area (Å²) in [5, 5.41) is 0.971. The Bertz CT molecular complexity index is 1260. The van der Waals surface area contributed by atoms with Gasteiger partial charge in [0, 0.05) is 42.0 Å². The molecule has 1 aromatic carbocycles. The van der Waals surface area contributed by atoms with E-state index in [4.69, 9.17) is 11.5 Å². The molecular weight excluding hydrogens is 391 g/mol. The molecule has 6 nitrogen and oxygen atoms in total. The van der Waals surface area contributed by atoms with Crippen molar-refractivity contribution in [1.29, 1.82) is 0 Å². The van der Waals surface area contributed by atoms with Gasteiger partial charge in [-0.15, -0.1) is 0 Å². The van der Waals surface area contributed by atoms with Crippen LogP contribution in [0.5, 0.6) is 0 Å². The molecule has 0 radical (unpaired) electrons. The zero-order valence-electron chi connectivity index (χ0n) is 17.0. The van der Waals surface area contributed by atoms with Gasteiger partial charge in [-0.05, 0) is 49.2 Å². The normalized spacial score (nSPS) is 16.6. The van der Waals surface area contributed by atoms with E-state index in [0.29, 0.717) is 28.3 Å². The Morgan fingerprint density at radius 1 is 1.03 bits per heavy atom. The van der Waals surface area contributed by atoms with Crippen molar-refractivity contribution >= 4 is 22.3 Å². The van der Waals surface area contributed by atoms with Crippen LogP contribution in [0, 0.1) is 5.82 Å². The van der Waals surface area contributed by atoms with E-state index in [-0.39, 0.29) is 11.9 Å². The fourth-order valence-electron chi connectivity index (χ4n) is 4.16. The first kappa shape index (κ1) is 19.4. The van der Waals surface area contributed by atoms with Crippen LogP contribution in [0.3, 0.4) is 0 Å². The number of halogens is 1. The van der Waals surface area contributed by atoms with Crippen molar-refractivity contribution in [2.45, 2.75) is 18.9 Å². The third-order valence-corrected chi connectivity index (χ3v) is 5.72. The van der Waals surface area contributed by atoms with E-state index in [2.05, 4.69) is 19.9 Å². The topological polar surface area (TPSA) is 94.0 Å². The lowest BCUT2D eigenvalue weighted by Gasteiger charge is -2.33. The van der Waals surface area contributed by atoms with Gasteiger partial charge in [-0.3, -0.25) is 9.97 Å². The maximum absolute atomic E-state index is 14.3. The predicted octanol–water partition coefficient (Wildman–Crippen LogP) is 4.01. The number of rotatable bonds is 3. The zero-order chi connectivity index (χ0) is 21.4. The summed E-state index contributed by atoms with van der Waals surface area (Å²) < 4.78 is 14.3. The number of nitrogen functional groups attached to an aromatic ring is 1. The smallest absolute Gasteiger partial charge is 0.132 e. The third-order valence-electron chi connectivity index (χ3n) is 5.72. The second kappa shape index (κ2) is 7.92. The molecular formula is C24H23FN6. The molecule has 4 N–H and O–H groups in total. The van der Waals surface area contributed by atoms with Crippen LogP contribution in [-0.2, 0) is 0 Å². The number of anilines is 2. The third kappa shape index (κ3) is 3.68. The van der Waals surface area contributed by atoms with Crippen LogP contribution >= 0.6 is 0 Å². The van der Waals surface area contributed by atoms with Gasteiger partial charge in [0.2, 0.25) is 0 Å². The molecule has 1 fully saturated rings. The lowest BCUT2D eigenvalue weighted by atomic mass is 10.0. The lowest BCUT2D eigenvalue weighted by molar-refractivity contribution is 0.507. The first-order chi connectivity index (χ1) is 15.1. The van der Waals surface area contributed by atoms with Gasteiger partial charge in [0.1, 0.15) is 11.5 Å². The SMILES string of the molecule is Nc1ccc(-c2ccccc2F)nc1-c1cc2c(N3CCC[C@H](N)C3)ccnc2cn1. The molecule has 0 aliphatic carbocycles. The molecule has 0 unspecified atom stereocenters. The summed E-state index contributed by atoms with van der Waals surface area (Å²) in [6.07, 6.45) is 5.62. The van der Waals surface area contributed by atoms with E-state index < -0.39 is 0 Å². The van der Waals surface area contributed by atoms with Gasteiger partial charge in [0.25, 0.3) is 0 Å². The molecule has 4 heterocycles. The monoisotopic (exact) mass is 414 g/mol. The fraction of sp³-hybridized carbons (Fsp3) is 0.208. The molecule has 1 saturated heterocycles. The van der Waals surface area contributed by atoms with Crippen LogP contribution in [0.1, 0.15) is 12.8 Å². The molecule has 0 bridgehead atoms. The van der Waals surface area contributed by atoms with Crippen molar-refractivity contribution in [3.8, 4) is 22.6 Å². The molecule has 1 aliphatic rings. The number of aromatic nitrogens is 3. The lowest BCUT2D eigenvalue weighted by Crippen LogP contribution is -2.42. The van der Waals surface area contributed by atoms with Crippen molar-refractivity contribution in [3.63, 3.8) is 0 Å². The molecule has 0 amide bonds. The van der Waals surface area contributed by atoms with Crippen molar-refractivity contribution in [2.24, 2.45) is 5.73 Å². The summed E-state index contributed by atoms with van der Waals surface area (Å²) in [5.41, 5.74) is 16.9. The first-order valence-corrected chi connectivity index (χ1v) is 10.4. The molecule has 0 spiro atoms. The summed E-state index contributed by atoms with van der Waals surface area (Å²) in [5.74, 6) is -0.329. The van der Waals surface area contributed by atoms with Crippen LogP contribution in [0.15, 0.2) is 60.9 Å². The summed E-state index contributed by atoms with van der Waals surface area (Å²) in [7, 11) is 0. The Labute approximate surface area is 179 Å². The highest BCUT2D eigenvalue weighted by molar-refractivity contribution is 5.94. The van der Waals surface area contributed by atoms with Crippen molar-refractivity contribution in [3.05, 3.63) is 66.7 Å². The minimum atomic E-state index is -0.329. The maximum Gasteiger partial charge on any atom is 0.132 e. The van der Waals surface area contributed by atoms with Crippen LogP contribution in [0.25, 0.3) is 33.5 Å². The van der Waals surface area contributed by atoms with Crippen LogP contribution in [0.4, 0.5) is 15.8 Å². The van der Waals surface area contributed by atoms with Gasteiger partial charge in [0.15, 0.2) is 0 Å². The fourth-order valence-corrected chi connectivity index (χ4v) is 4.16. The number of hydrogen-bond donors (Lipinski definition) is 2. The minimum Gasteiger partial charge on any atom is -0.397 e. The quantitative estimate of drug-likeness (QED) is 0.526. The average molecular weight is 414 g/mol. The molecule has 156 valence electrons. The van der Waals surface area contributed by atoms with E-state index in [1.54, 1.807) is 42.7 Å². The molecule has 4 aromatic rings. The largest absolute Gasteiger partial charge is 0.397 e. The molecule has 0 saturated carbocycles. The summed E-state index contributed by atoms with van der Waals surface area (Å²) in [6.45, 7) is 1.76. The highest BCUT2D eigenvalue weighted by atomic mass is 19.1. The van der Waals surface area contributed by atoms with Crippen LogP contribution < -0.4 is 16.4 Å². The van der Waals surface area contributed by atoms with E-state index in [1.807, 2.05) is 12.1 Å². The molecule has 1 aliphatic heterocycles. The number of piperidine rings is 1. The van der Waals surface area contributed by atoms with Crippen molar-refractivity contribution in [2.75, 3.05) is 23.7 Å². The molecule has 31 heavy (non-hydrogen) atoms. The zero-order valence-corrected chi connectivity index (χ0v) is 17.0. The Morgan fingerprint density at radius 2 is 1.90 bits per heavy atom. The Hall–Kier alpha value is -3.58. The highest BCUT2D eigenvalue weighted by Gasteiger charge is 2.20. The van der Waals surface area contributed by atoms with E-state index in [1.165, 1.54) is 6.07 Å². The van der Waals surface area contributed by atoms with E-state index in [0.717, 1.165) is 42.5 Å². The van der Waals surface area contributed by atoms with Gasteiger partial charge >= 0.3 is 0 Å². The molecule has 5 rings (SSSR count). The Morgan fingerprint density at radius 3 is 2.74 bits per heavy atom. The standard InChI is InChI=1S/C24H23FN6/c25-18-6-2-1-5-16(18)20-8-7-19(27)24(30-20)21-12-17-22(13-29-21)28-10-9-23(17)31-11-3-4-15(26)14-31/h1-2,5-10,12-13,15H,3-4,11,14,26-27H2/t15-/m0/s1. The van der Waals surface area contributed by atoms with E-state index >= 15 is 0 Å². The Balaban J connectivity index is 1.62. The van der Waals surface area contributed by atoms with Gasteiger partial charge < -0.3 is 16.4 Å². The van der Waals surface area contributed by atoms with Crippen molar-refractivity contribution < 1.29 is 4.39 Å². The van der Waals surface area contributed by atoms with Crippen LogP contribution in [-0.4, -0.2) is 34.1 Å². The van der Waals surface area contributed by atoms with Crippen LogP contribution in [0.2, 0.25) is 0 Å². The second-order valence-electron chi connectivity index (χ2n) is 7.88. The van der Waals surface area contributed by atoms with Gasteiger partial charge in [-0.2, -0.15) is 0 Å². The van der Waals surface area contributed by atoms with Gasteiger partial charge in [-0.1, -0.05) is 12.1 Å². The van der Waals surface area contributed by atoms with E-state index in [9.17, 15) is 4.39 Å². The number of nitrogens with two attached hydrogens (primary N) is 2. The minimum absolute atomic E-state index is 0.160. The van der Waals surface area contributed by atoms with Crippen molar-refractivity contribution in [1.82, 2.24) is 15.0 Å². The number of nitrogens with zero attached hydrogens (tertiary/aromatic N) is 4. The predicted molar refractivity (Wildman–Crippen MR) is 122 cm³/mol. The maximum atomic E-state index is 14.3. The molecule has 7 heteroatoms. The molecule has 1 atom stereocenters. The number of fused-ring (bicyclic) bond motifs is 1. The molecule has 3 aromatic heterocycles. The van der Waals surface area contributed by atoms with Gasteiger partial charge in [0.05, 0.1) is 28.8 Å². The number of hydrogen-bond acceptors (Lipinski definition) is 6. The summed E-state index contributed by atoms with van der Waals surface area (Å²) >= 11 is 0. The highest BCUT2D eigenvalue weighted by Crippen LogP contribution is 2.32. The average Bonchev–Trinajstić information content (AvgIpc) is 2.79. The number of pyridine rings is 3. The Kier molecular flexibility index (Phi) is 4.95. The summed E-state index contributed by atoms with van der Waals surface area (Å²) in [6, 6.07) is 14.2. The number of benzene rings is 1. The first-order valence-electron chi connectivity index (χ1n) is 10.4. The summed E-state index contributed by atoms with van der Waals surface area (Å²) in [4.78, 5) is 16.0. The van der Waals surface area contributed by atoms with Gasteiger partial charge in [-0.25, -0.2) is 9.37 Å². The second-order valence-corrected chi connectivity index (χ2v) is 7.88.